The molecule has 0 spiro atoms. The molecule has 0 heterocycles. The molecule has 0 saturated heterocycles. The lowest BCUT2D eigenvalue weighted by atomic mass is 10.1. The maximum Gasteiger partial charge on any atom is 0.341 e. The van der Waals surface area contributed by atoms with Crippen LogP contribution in [-0.4, -0.2) is 11.6 Å². The van der Waals surface area contributed by atoms with E-state index in [1.54, 1.807) is 20.8 Å². The molecule has 0 aliphatic heterocycles. The van der Waals surface area contributed by atoms with Gasteiger partial charge in [0, 0.05) is 5.69 Å². The van der Waals surface area contributed by atoms with Crippen molar-refractivity contribution < 1.29 is 13.9 Å². The average molecular weight is 290 g/mol. The first kappa shape index (κ1) is 13.0. The highest BCUT2D eigenvalue weighted by Gasteiger charge is 2.22. The summed E-state index contributed by atoms with van der Waals surface area (Å²) in [6.45, 7) is 5.14. The first-order chi connectivity index (χ1) is 7.20. The van der Waals surface area contributed by atoms with Crippen molar-refractivity contribution in [3.05, 3.63) is 28.0 Å². The zero-order valence-electron chi connectivity index (χ0n) is 9.30. The second-order valence-electron chi connectivity index (χ2n) is 4.37. The van der Waals surface area contributed by atoms with Crippen molar-refractivity contribution in [2.75, 3.05) is 5.73 Å². The molecule has 0 saturated carbocycles. The summed E-state index contributed by atoms with van der Waals surface area (Å²) in [5.74, 6) is -1.39. The Labute approximate surface area is 102 Å². The van der Waals surface area contributed by atoms with Crippen LogP contribution in [0.15, 0.2) is 16.6 Å². The van der Waals surface area contributed by atoms with Crippen molar-refractivity contribution in [3.63, 3.8) is 0 Å². The number of anilines is 1. The molecule has 0 amide bonds. The Morgan fingerprint density at radius 2 is 2.00 bits per heavy atom. The SMILES string of the molecule is CC(C)(C)OC(=O)c1cc(N)cc(Br)c1F. The summed E-state index contributed by atoms with van der Waals surface area (Å²) >= 11 is 2.98. The third-order valence-corrected chi connectivity index (χ3v) is 2.25. The number of benzene rings is 1. The van der Waals surface area contributed by atoms with Gasteiger partial charge in [-0.05, 0) is 48.8 Å². The number of esters is 1. The molecule has 0 unspecified atom stereocenters. The van der Waals surface area contributed by atoms with Gasteiger partial charge in [-0.2, -0.15) is 0 Å². The number of hydrogen-bond acceptors (Lipinski definition) is 3. The number of nitrogens with two attached hydrogens (primary N) is 1. The van der Waals surface area contributed by atoms with Crippen LogP contribution in [0.25, 0.3) is 0 Å². The van der Waals surface area contributed by atoms with Gasteiger partial charge in [0.2, 0.25) is 0 Å². The van der Waals surface area contributed by atoms with E-state index < -0.39 is 17.4 Å². The quantitative estimate of drug-likeness (QED) is 0.638. The van der Waals surface area contributed by atoms with Gasteiger partial charge in [-0.15, -0.1) is 0 Å². The highest BCUT2D eigenvalue weighted by molar-refractivity contribution is 9.10. The monoisotopic (exact) mass is 289 g/mol. The predicted octanol–water partition coefficient (Wildman–Crippen LogP) is 3.13. The Kier molecular flexibility index (Phi) is 3.57. The molecule has 5 heteroatoms. The van der Waals surface area contributed by atoms with Crippen LogP contribution >= 0.6 is 15.9 Å². The van der Waals surface area contributed by atoms with Gasteiger partial charge < -0.3 is 10.5 Å². The molecule has 2 N–H and O–H groups in total. The third kappa shape index (κ3) is 3.20. The smallest absolute Gasteiger partial charge is 0.341 e. The summed E-state index contributed by atoms with van der Waals surface area (Å²) in [5.41, 5.74) is 4.99. The maximum atomic E-state index is 13.6. The number of carbonyl (C=O) groups excluding carboxylic acids is 1. The number of carbonyl (C=O) groups is 1. The zero-order valence-corrected chi connectivity index (χ0v) is 10.9. The van der Waals surface area contributed by atoms with Crippen molar-refractivity contribution in [2.45, 2.75) is 26.4 Å². The molecule has 0 atom stereocenters. The fourth-order valence-electron chi connectivity index (χ4n) is 1.09. The van der Waals surface area contributed by atoms with E-state index in [2.05, 4.69) is 15.9 Å². The minimum absolute atomic E-state index is 0.147. The Balaban J connectivity index is 3.09. The number of ether oxygens (including phenoxy) is 1. The second kappa shape index (κ2) is 4.41. The number of halogens is 2. The van der Waals surface area contributed by atoms with Crippen molar-refractivity contribution in [2.24, 2.45) is 0 Å². The van der Waals surface area contributed by atoms with E-state index in [9.17, 15) is 9.18 Å². The van der Waals surface area contributed by atoms with Crippen LogP contribution in [0.2, 0.25) is 0 Å². The van der Waals surface area contributed by atoms with E-state index in [0.29, 0.717) is 5.69 Å². The molecule has 1 rings (SSSR count). The molecular formula is C11H13BrFNO2. The van der Waals surface area contributed by atoms with Gasteiger partial charge in [-0.3, -0.25) is 0 Å². The van der Waals surface area contributed by atoms with Crippen molar-refractivity contribution in [1.29, 1.82) is 0 Å². The van der Waals surface area contributed by atoms with Crippen LogP contribution in [0, 0.1) is 5.82 Å². The van der Waals surface area contributed by atoms with Crippen molar-refractivity contribution >= 4 is 27.6 Å². The third-order valence-electron chi connectivity index (χ3n) is 1.67. The summed E-state index contributed by atoms with van der Waals surface area (Å²) < 4.78 is 18.8. The van der Waals surface area contributed by atoms with Crippen molar-refractivity contribution in [3.8, 4) is 0 Å². The van der Waals surface area contributed by atoms with E-state index in [0.717, 1.165) is 0 Å². The summed E-state index contributed by atoms with van der Waals surface area (Å²) in [7, 11) is 0. The number of nitrogen functional groups attached to an aromatic ring is 1. The average Bonchev–Trinajstić information content (AvgIpc) is 2.08. The largest absolute Gasteiger partial charge is 0.456 e. The topological polar surface area (TPSA) is 52.3 Å². The van der Waals surface area contributed by atoms with Gasteiger partial charge >= 0.3 is 5.97 Å². The molecule has 0 aliphatic carbocycles. The molecule has 1 aromatic rings. The minimum Gasteiger partial charge on any atom is -0.456 e. The maximum absolute atomic E-state index is 13.6. The van der Waals surface area contributed by atoms with Gasteiger partial charge in [0.25, 0.3) is 0 Å². The molecule has 1 aromatic carbocycles. The van der Waals surface area contributed by atoms with Gasteiger partial charge in [-0.25, -0.2) is 9.18 Å². The van der Waals surface area contributed by atoms with E-state index in [1.165, 1.54) is 12.1 Å². The van der Waals surface area contributed by atoms with Gasteiger partial charge in [-0.1, -0.05) is 0 Å². The Morgan fingerprint density at radius 1 is 1.44 bits per heavy atom. The molecule has 3 nitrogen and oxygen atoms in total. The van der Waals surface area contributed by atoms with Crippen LogP contribution < -0.4 is 5.73 Å². The van der Waals surface area contributed by atoms with Gasteiger partial charge in [0.05, 0.1) is 10.0 Å². The van der Waals surface area contributed by atoms with Crippen LogP contribution in [0.1, 0.15) is 31.1 Å². The van der Waals surface area contributed by atoms with Crippen LogP contribution in [0.4, 0.5) is 10.1 Å². The lowest BCUT2D eigenvalue weighted by molar-refractivity contribution is 0.00646. The first-order valence-electron chi connectivity index (χ1n) is 4.68. The van der Waals surface area contributed by atoms with E-state index in [1.807, 2.05) is 0 Å². The molecular weight excluding hydrogens is 277 g/mol. The summed E-state index contributed by atoms with van der Waals surface area (Å²) in [4.78, 5) is 11.6. The number of hydrogen-bond donors (Lipinski definition) is 1. The van der Waals surface area contributed by atoms with Crippen LogP contribution in [0.3, 0.4) is 0 Å². The molecule has 0 aliphatic rings. The van der Waals surface area contributed by atoms with E-state index in [4.69, 9.17) is 10.5 Å². The Bertz CT molecular complexity index is 427. The van der Waals surface area contributed by atoms with Gasteiger partial charge in [0.15, 0.2) is 5.82 Å². The molecule has 0 aromatic heterocycles. The number of rotatable bonds is 1. The normalized spacial score (nSPS) is 11.3. The Hall–Kier alpha value is -1.10. The fraction of sp³-hybridized carbons (Fsp3) is 0.364. The highest BCUT2D eigenvalue weighted by atomic mass is 79.9. The zero-order chi connectivity index (χ0) is 12.5. The standard InChI is InChI=1S/C11H13BrFNO2/c1-11(2,3)16-10(15)7-4-6(14)5-8(12)9(7)13/h4-5H,14H2,1-3H3. The lowest BCUT2D eigenvalue weighted by Gasteiger charge is -2.19. The molecule has 88 valence electrons. The summed E-state index contributed by atoms with van der Waals surface area (Å²) in [6.07, 6.45) is 0. The fourth-order valence-corrected chi connectivity index (χ4v) is 1.57. The highest BCUT2D eigenvalue weighted by Crippen LogP contribution is 2.24. The van der Waals surface area contributed by atoms with E-state index in [-0.39, 0.29) is 10.0 Å². The lowest BCUT2D eigenvalue weighted by Crippen LogP contribution is -2.24. The Morgan fingerprint density at radius 3 is 2.50 bits per heavy atom. The second-order valence-corrected chi connectivity index (χ2v) is 5.22. The molecule has 0 radical (unpaired) electrons. The predicted molar refractivity (Wildman–Crippen MR) is 63.7 cm³/mol. The molecule has 16 heavy (non-hydrogen) atoms. The van der Waals surface area contributed by atoms with Crippen LogP contribution in [0.5, 0.6) is 0 Å². The minimum atomic E-state index is -0.724. The van der Waals surface area contributed by atoms with E-state index >= 15 is 0 Å². The molecule has 0 fully saturated rings. The first-order valence-corrected chi connectivity index (χ1v) is 5.48. The van der Waals surface area contributed by atoms with Gasteiger partial charge in [0.1, 0.15) is 5.60 Å². The van der Waals surface area contributed by atoms with Crippen molar-refractivity contribution in [1.82, 2.24) is 0 Å². The van der Waals surface area contributed by atoms with Crippen LogP contribution in [-0.2, 0) is 4.74 Å². The summed E-state index contributed by atoms with van der Waals surface area (Å²) in [5, 5.41) is 0. The molecule has 0 bridgehead atoms. The summed E-state index contributed by atoms with van der Waals surface area (Å²) in [6, 6.07) is 2.65.